The minimum absolute atomic E-state index is 0.0474. The minimum atomic E-state index is -0.305. The zero-order valence-electron chi connectivity index (χ0n) is 19.5. The van der Waals surface area contributed by atoms with Crippen LogP contribution >= 0.6 is 0 Å². The molecule has 3 amide bonds. The van der Waals surface area contributed by atoms with Gasteiger partial charge in [-0.1, -0.05) is 43.7 Å². The number of halogens is 1. The highest BCUT2D eigenvalue weighted by molar-refractivity contribution is 5.81. The van der Waals surface area contributed by atoms with Gasteiger partial charge in [-0.05, 0) is 55.0 Å². The van der Waals surface area contributed by atoms with Gasteiger partial charge in [0.2, 0.25) is 5.91 Å². The third-order valence-electron chi connectivity index (χ3n) is 6.16. The first-order valence-corrected chi connectivity index (χ1v) is 11.7. The van der Waals surface area contributed by atoms with E-state index in [0.29, 0.717) is 38.9 Å². The molecule has 1 aliphatic heterocycles. The monoisotopic (exact) mass is 455 g/mol. The molecule has 2 aromatic rings. The quantitative estimate of drug-likeness (QED) is 0.549. The Hall–Kier alpha value is -3.09. The van der Waals surface area contributed by atoms with E-state index < -0.39 is 0 Å². The van der Waals surface area contributed by atoms with Gasteiger partial charge in [0.25, 0.3) is 0 Å². The van der Waals surface area contributed by atoms with Crippen molar-refractivity contribution in [2.24, 2.45) is 5.92 Å². The molecule has 7 heteroatoms. The summed E-state index contributed by atoms with van der Waals surface area (Å²) in [7, 11) is 1.64. The molecule has 0 bridgehead atoms. The molecule has 0 aliphatic carbocycles. The molecule has 0 unspecified atom stereocenters. The highest BCUT2D eigenvalue weighted by Gasteiger charge is 2.35. The van der Waals surface area contributed by atoms with Crippen molar-refractivity contribution in [1.29, 1.82) is 0 Å². The fourth-order valence-corrected chi connectivity index (χ4v) is 4.29. The normalized spacial score (nSPS) is 18.0. The maximum absolute atomic E-state index is 13.4. The molecule has 0 aromatic heterocycles. The fraction of sp³-hybridized carbons (Fsp3) is 0.462. The van der Waals surface area contributed by atoms with E-state index in [1.165, 1.54) is 12.1 Å². The van der Waals surface area contributed by atoms with Gasteiger partial charge in [-0.3, -0.25) is 4.79 Å². The Morgan fingerprint density at radius 2 is 1.82 bits per heavy atom. The van der Waals surface area contributed by atoms with Gasteiger partial charge in [0.15, 0.2) is 0 Å². The summed E-state index contributed by atoms with van der Waals surface area (Å²) in [6, 6.07) is 13.7. The number of benzene rings is 2. The standard InChI is InChI=1S/C26H34FN3O3/c1-3-4-16-29-26(32)30-18-21(11-14-23(30)19-9-12-22(27)13-10-19)25(31)28-17-15-20-7-5-6-8-24(20)33-2/h5-10,12-13,21,23H,3-4,11,14-18H2,1-2H3,(H,28,31)(H,29,32)/t21-,23-/m1/s1. The Morgan fingerprint density at radius 1 is 1.06 bits per heavy atom. The molecule has 6 nitrogen and oxygen atoms in total. The van der Waals surface area contributed by atoms with Crippen molar-refractivity contribution in [1.82, 2.24) is 15.5 Å². The van der Waals surface area contributed by atoms with Gasteiger partial charge in [0.1, 0.15) is 11.6 Å². The predicted octanol–water partition coefficient (Wildman–Crippen LogP) is 4.46. The largest absolute Gasteiger partial charge is 0.496 e. The number of ether oxygens (including phenoxy) is 1. The van der Waals surface area contributed by atoms with Crippen molar-refractivity contribution in [2.75, 3.05) is 26.7 Å². The lowest BCUT2D eigenvalue weighted by molar-refractivity contribution is -0.126. The summed E-state index contributed by atoms with van der Waals surface area (Å²) in [5, 5.41) is 5.99. The number of carbonyl (C=O) groups excluding carboxylic acids is 2. The van der Waals surface area contributed by atoms with E-state index in [-0.39, 0.29) is 29.7 Å². The van der Waals surface area contributed by atoms with Crippen LogP contribution in [0.4, 0.5) is 9.18 Å². The van der Waals surface area contributed by atoms with E-state index in [9.17, 15) is 14.0 Å². The average Bonchev–Trinajstić information content (AvgIpc) is 2.84. The van der Waals surface area contributed by atoms with E-state index in [1.807, 2.05) is 24.3 Å². The van der Waals surface area contributed by atoms with Crippen LogP contribution in [0.25, 0.3) is 0 Å². The number of amides is 3. The number of nitrogens with zero attached hydrogens (tertiary/aromatic N) is 1. The number of rotatable bonds is 9. The first kappa shape index (κ1) is 24.6. The third kappa shape index (κ3) is 6.70. The molecule has 1 saturated heterocycles. The number of likely N-dealkylation sites (tertiary alicyclic amines) is 1. The zero-order valence-corrected chi connectivity index (χ0v) is 19.5. The molecular weight excluding hydrogens is 421 g/mol. The number of unbranched alkanes of at least 4 members (excludes halogenated alkanes) is 1. The Balaban J connectivity index is 1.63. The van der Waals surface area contributed by atoms with Crippen LogP contribution in [-0.4, -0.2) is 43.6 Å². The Bertz CT molecular complexity index is 919. The van der Waals surface area contributed by atoms with Crippen LogP contribution in [0.2, 0.25) is 0 Å². The summed E-state index contributed by atoms with van der Waals surface area (Å²) in [5.41, 5.74) is 1.93. The van der Waals surface area contributed by atoms with Gasteiger partial charge in [-0.2, -0.15) is 0 Å². The lowest BCUT2D eigenvalue weighted by atomic mass is 9.88. The van der Waals surface area contributed by atoms with Crippen LogP contribution in [-0.2, 0) is 11.2 Å². The second-order valence-corrected chi connectivity index (χ2v) is 8.43. The van der Waals surface area contributed by atoms with Crippen LogP contribution in [0.5, 0.6) is 5.75 Å². The van der Waals surface area contributed by atoms with Crippen molar-refractivity contribution < 1.29 is 18.7 Å². The molecule has 0 saturated carbocycles. The van der Waals surface area contributed by atoms with Crippen LogP contribution in [0.1, 0.15) is 49.8 Å². The lowest BCUT2D eigenvalue weighted by Gasteiger charge is -2.39. The minimum Gasteiger partial charge on any atom is -0.496 e. The number of urea groups is 1. The van der Waals surface area contributed by atoms with E-state index in [2.05, 4.69) is 17.6 Å². The Kier molecular flexibility index (Phi) is 9.10. The zero-order chi connectivity index (χ0) is 23.6. The molecular formula is C26H34FN3O3. The van der Waals surface area contributed by atoms with Gasteiger partial charge < -0.3 is 20.3 Å². The highest BCUT2D eigenvalue weighted by Crippen LogP contribution is 2.33. The van der Waals surface area contributed by atoms with Crippen molar-refractivity contribution in [2.45, 2.75) is 45.1 Å². The van der Waals surface area contributed by atoms with Gasteiger partial charge >= 0.3 is 6.03 Å². The van der Waals surface area contributed by atoms with E-state index in [1.54, 1.807) is 24.1 Å². The summed E-state index contributed by atoms with van der Waals surface area (Å²) in [6.07, 6.45) is 3.87. The molecule has 2 aromatic carbocycles. The maximum atomic E-state index is 13.4. The molecule has 178 valence electrons. The molecule has 33 heavy (non-hydrogen) atoms. The summed E-state index contributed by atoms with van der Waals surface area (Å²) in [4.78, 5) is 27.6. The molecule has 2 N–H and O–H groups in total. The van der Waals surface area contributed by atoms with E-state index in [4.69, 9.17) is 4.74 Å². The van der Waals surface area contributed by atoms with Gasteiger partial charge in [-0.25, -0.2) is 9.18 Å². The number of hydrogen-bond acceptors (Lipinski definition) is 3. The van der Waals surface area contributed by atoms with Crippen LogP contribution in [0.3, 0.4) is 0 Å². The lowest BCUT2D eigenvalue weighted by Crippen LogP contribution is -2.50. The van der Waals surface area contributed by atoms with Crippen LogP contribution < -0.4 is 15.4 Å². The van der Waals surface area contributed by atoms with E-state index in [0.717, 1.165) is 29.7 Å². The molecule has 0 spiro atoms. The SMILES string of the molecule is CCCCNC(=O)N1C[C@H](C(=O)NCCc2ccccc2OC)CC[C@@H]1c1ccc(F)cc1. The molecule has 0 radical (unpaired) electrons. The van der Waals surface area contributed by atoms with Crippen molar-refractivity contribution >= 4 is 11.9 Å². The Labute approximate surface area is 195 Å². The van der Waals surface area contributed by atoms with Crippen molar-refractivity contribution in [3.8, 4) is 5.75 Å². The molecule has 2 atom stereocenters. The number of para-hydroxylation sites is 1. The van der Waals surface area contributed by atoms with Crippen molar-refractivity contribution in [3.63, 3.8) is 0 Å². The van der Waals surface area contributed by atoms with Gasteiger partial charge in [-0.15, -0.1) is 0 Å². The molecule has 3 rings (SSSR count). The third-order valence-corrected chi connectivity index (χ3v) is 6.16. The molecule has 1 heterocycles. The second kappa shape index (κ2) is 12.2. The summed E-state index contributed by atoms with van der Waals surface area (Å²) in [5.74, 6) is 0.174. The summed E-state index contributed by atoms with van der Waals surface area (Å²) < 4.78 is 18.8. The van der Waals surface area contributed by atoms with Crippen LogP contribution in [0, 0.1) is 11.7 Å². The fourth-order valence-electron chi connectivity index (χ4n) is 4.29. The number of hydrogen-bond donors (Lipinski definition) is 2. The van der Waals surface area contributed by atoms with Gasteiger partial charge in [0, 0.05) is 19.6 Å². The maximum Gasteiger partial charge on any atom is 0.317 e. The highest BCUT2D eigenvalue weighted by atomic mass is 19.1. The molecule has 1 aliphatic rings. The number of piperidine rings is 1. The number of carbonyl (C=O) groups is 2. The predicted molar refractivity (Wildman–Crippen MR) is 127 cm³/mol. The summed E-state index contributed by atoms with van der Waals surface area (Å²) >= 11 is 0. The number of nitrogens with one attached hydrogen (secondary N) is 2. The van der Waals surface area contributed by atoms with Crippen LogP contribution in [0.15, 0.2) is 48.5 Å². The first-order valence-electron chi connectivity index (χ1n) is 11.7. The first-order chi connectivity index (χ1) is 16.0. The average molecular weight is 456 g/mol. The van der Waals surface area contributed by atoms with Crippen molar-refractivity contribution in [3.05, 3.63) is 65.5 Å². The molecule has 1 fully saturated rings. The smallest absolute Gasteiger partial charge is 0.317 e. The second-order valence-electron chi connectivity index (χ2n) is 8.43. The van der Waals surface area contributed by atoms with Gasteiger partial charge in [0.05, 0.1) is 19.1 Å². The summed E-state index contributed by atoms with van der Waals surface area (Å²) in [6.45, 7) is 3.50. The topological polar surface area (TPSA) is 70.7 Å². The van der Waals surface area contributed by atoms with E-state index >= 15 is 0 Å². The Morgan fingerprint density at radius 3 is 2.55 bits per heavy atom. The number of methoxy groups -OCH3 is 1.